The molecule has 0 spiro atoms. The Labute approximate surface area is 174 Å². The molecule has 160 valence electrons. The molecule has 1 fully saturated rings. The molecule has 2 aromatic carbocycles. The van der Waals surface area contributed by atoms with Crippen molar-refractivity contribution in [2.75, 3.05) is 19.5 Å². The number of amides is 1. The number of methoxy groups -OCH3 is 2. The van der Waals surface area contributed by atoms with Crippen LogP contribution >= 0.6 is 0 Å². The van der Waals surface area contributed by atoms with Gasteiger partial charge in [-0.2, -0.15) is 0 Å². The molecule has 1 aliphatic carbocycles. The summed E-state index contributed by atoms with van der Waals surface area (Å²) in [5.74, 6) is 0.661. The van der Waals surface area contributed by atoms with E-state index in [0.29, 0.717) is 23.6 Å². The van der Waals surface area contributed by atoms with Crippen molar-refractivity contribution >= 4 is 17.3 Å². The first-order valence-corrected chi connectivity index (χ1v) is 9.65. The fourth-order valence-electron chi connectivity index (χ4n) is 3.54. The van der Waals surface area contributed by atoms with Gasteiger partial charge in [0.2, 0.25) is 0 Å². The van der Waals surface area contributed by atoms with E-state index in [1.165, 1.54) is 32.4 Å². The van der Waals surface area contributed by atoms with Gasteiger partial charge in [0.25, 0.3) is 11.6 Å². The highest BCUT2D eigenvalue weighted by Gasteiger charge is 2.27. The van der Waals surface area contributed by atoms with Gasteiger partial charge in [0, 0.05) is 24.4 Å². The number of nitrogens with one attached hydrogen (secondary N) is 2. The van der Waals surface area contributed by atoms with E-state index in [2.05, 4.69) is 10.6 Å². The summed E-state index contributed by atoms with van der Waals surface area (Å²) in [4.78, 5) is 23.5. The lowest BCUT2D eigenvalue weighted by Gasteiger charge is -2.20. The standard InChI is InChI=1S/C21H25N3O6/c1-29-19-9-6-13(10-20(19)30-2)12-22-21(26)15-11-14(24(27)28)7-8-16(15)23-17-4-3-5-18(17)25/h6-11,17-18,23,25H,3-5,12H2,1-2H3,(H,22,26). The molecule has 0 aliphatic heterocycles. The van der Waals surface area contributed by atoms with Gasteiger partial charge in [0.15, 0.2) is 11.5 Å². The van der Waals surface area contributed by atoms with Crippen molar-refractivity contribution in [3.63, 3.8) is 0 Å². The largest absolute Gasteiger partial charge is 0.493 e. The molecular formula is C21H25N3O6. The van der Waals surface area contributed by atoms with Crippen molar-refractivity contribution in [1.82, 2.24) is 5.32 Å². The normalized spacial score (nSPS) is 18.0. The number of hydrogen-bond acceptors (Lipinski definition) is 7. The monoisotopic (exact) mass is 415 g/mol. The van der Waals surface area contributed by atoms with Gasteiger partial charge in [-0.25, -0.2) is 0 Å². The van der Waals surface area contributed by atoms with Crippen LogP contribution in [0.2, 0.25) is 0 Å². The second kappa shape index (κ2) is 9.45. The van der Waals surface area contributed by atoms with Crippen LogP contribution in [0.4, 0.5) is 11.4 Å². The summed E-state index contributed by atoms with van der Waals surface area (Å²) < 4.78 is 10.5. The first-order valence-electron chi connectivity index (χ1n) is 9.65. The van der Waals surface area contributed by atoms with Crippen LogP contribution in [0.15, 0.2) is 36.4 Å². The predicted octanol–water partition coefficient (Wildman–Crippen LogP) is 2.87. The smallest absolute Gasteiger partial charge is 0.270 e. The average Bonchev–Trinajstić information content (AvgIpc) is 3.16. The second-order valence-electron chi connectivity index (χ2n) is 7.11. The van der Waals surface area contributed by atoms with E-state index >= 15 is 0 Å². The third-order valence-corrected chi connectivity index (χ3v) is 5.18. The van der Waals surface area contributed by atoms with Crippen LogP contribution in [0.25, 0.3) is 0 Å². The Kier molecular flexibility index (Phi) is 6.73. The van der Waals surface area contributed by atoms with Gasteiger partial charge >= 0.3 is 0 Å². The number of aliphatic hydroxyl groups is 1. The molecule has 0 aromatic heterocycles. The van der Waals surface area contributed by atoms with Crippen LogP contribution in [-0.4, -0.2) is 42.3 Å². The highest BCUT2D eigenvalue weighted by molar-refractivity contribution is 6.00. The summed E-state index contributed by atoms with van der Waals surface area (Å²) in [7, 11) is 3.07. The lowest BCUT2D eigenvalue weighted by molar-refractivity contribution is -0.384. The van der Waals surface area contributed by atoms with Gasteiger partial charge in [-0.1, -0.05) is 6.07 Å². The topological polar surface area (TPSA) is 123 Å². The molecule has 1 aliphatic rings. The summed E-state index contributed by atoms with van der Waals surface area (Å²) in [6.07, 6.45) is 1.83. The molecule has 0 bridgehead atoms. The Bertz CT molecular complexity index is 933. The number of nitro groups is 1. The molecular weight excluding hydrogens is 390 g/mol. The quantitative estimate of drug-likeness (QED) is 0.447. The Hall–Kier alpha value is -3.33. The number of ether oxygens (including phenoxy) is 2. The zero-order chi connectivity index (χ0) is 21.7. The maximum absolute atomic E-state index is 12.9. The highest BCUT2D eigenvalue weighted by atomic mass is 16.6. The van der Waals surface area contributed by atoms with Crippen molar-refractivity contribution in [3.8, 4) is 11.5 Å². The van der Waals surface area contributed by atoms with Crippen molar-refractivity contribution in [3.05, 3.63) is 57.6 Å². The van der Waals surface area contributed by atoms with Crippen LogP contribution in [0.3, 0.4) is 0 Å². The number of anilines is 1. The number of nitro benzene ring substituents is 1. The van der Waals surface area contributed by atoms with Gasteiger partial charge in [-0.15, -0.1) is 0 Å². The number of hydrogen-bond donors (Lipinski definition) is 3. The SMILES string of the molecule is COc1ccc(CNC(=O)c2cc([N+](=O)[O-])ccc2NC2CCCC2O)cc1OC. The first kappa shape index (κ1) is 21.4. The van der Waals surface area contributed by atoms with E-state index in [0.717, 1.165) is 18.4 Å². The van der Waals surface area contributed by atoms with Crippen LogP contribution in [0.5, 0.6) is 11.5 Å². The Balaban J connectivity index is 1.79. The molecule has 1 saturated carbocycles. The number of nitrogens with zero attached hydrogens (tertiary/aromatic N) is 1. The number of carbonyl (C=O) groups excluding carboxylic acids is 1. The Morgan fingerprint density at radius 1 is 1.17 bits per heavy atom. The number of rotatable bonds is 8. The molecule has 0 radical (unpaired) electrons. The fraction of sp³-hybridized carbons (Fsp3) is 0.381. The van der Waals surface area contributed by atoms with Crippen LogP contribution in [0.1, 0.15) is 35.2 Å². The lowest BCUT2D eigenvalue weighted by Crippen LogP contribution is -2.30. The zero-order valence-electron chi connectivity index (χ0n) is 16.9. The van der Waals surface area contributed by atoms with Gasteiger partial charge < -0.3 is 25.2 Å². The highest BCUT2D eigenvalue weighted by Crippen LogP contribution is 2.29. The summed E-state index contributed by atoms with van der Waals surface area (Å²) in [6.45, 7) is 0.202. The third-order valence-electron chi connectivity index (χ3n) is 5.18. The summed E-state index contributed by atoms with van der Waals surface area (Å²) >= 11 is 0. The summed E-state index contributed by atoms with van der Waals surface area (Å²) in [5.41, 5.74) is 1.22. The molecule has 0 saturated heterocycles. The van der Waals surface area contributed by atoms with Crippen LogP contribution in [0, 0.1) is 10.1 Å². The number of benzene rings is 2. The van der Waals surface area contributed by atoms with Gasteiger partial charge in [0.1, 0.15) is 0 Å². The van der Waals surface area contributed by atoms with Gasteiger partial charge in [-0.3, -0.25) is 14.9 Å². The van der Waals surface area contributed by atoms with E-state index in [4.69, 9.17) is 9.47 Å². The van der Waals surface area contributed by atoms with Gasteiger partial charge in [0.05, 0.1) is 36.9 Å². The molecule has 30 heavy (non-hydrogen) atoms. The molecule has 3 N–H and O–H groups in total. The number of carbonyl (C=O) groups is 1. The maximum Gasteiger partial charge on any atom is 0.270 e. The van der Waals surface area contributed by atoms with Crippen molar-refractivity contribution in [1.29, 1.82) is 0 Å². The average molecular weight is 415 g/mol. The number of non-ortho nitro benzene ring substituents is 1. The molecule has 9 heteroatoms. The molecule has 2 aromatic rings. The van der Waals surface area contributed by atoms with E-state index in [1.54, 1.807) is 18.2 Å². The lowest BCUT2D eigenvalue weighted by atomic mass is 10.1. The van der Waals surface area contributed by atoms with Gasteiger partial charge in [-0.05, 0) is 43.0 Å². The fourth-order valence-corrected chi connectivity index (χ4v) is 3.54. The summed E-state index contributed by atoms with van der Waals surface area (Å²) in [6, 6.07) is 9.19. The molecule has 2 atom stereocenters. The molecule has 3 rings (SSSR count). The van der Waals surface area contributed by atoms with Crippen molar-refractivity contribution in [2.45, 2.75) is 38.0 Å². The molecule has 1 amide bonds. The third kappa shape index (κ3) is 4.80. The van der Waals surface area contributed by atoms with E-state index in [-0.39, 0.29) is 23.8 Å². The number of aliphatic hydroxyl groups excluding tert-OH is 1. The molecule has 0 heterocycles. The minimum Gasteiger partial charge on any atom is -0.493 e. The van der Waals surface area contributed by atoms with Crippen LogP contribution < -0.4 is 20.1 Å². The predicted molar refractivity (Wildman–Crippen MR) is 111 cm³/mol. The minimum absolute atomic E-state index is 0.156. The van der Waals surface area contributed by atoms with E-state index in [9.17, 15) is 20.0 Å². The minimum atomic E-state index is -0.542. The maximum atomic E-state index is 12.9. The zero-order valence-corrected chi connectivity index (χ0v) is 16.9. The Morgan fingerprint density at radius 3 is 2.57 bits per heavy atom. The van der Waals surface area contributed by atoms with Crippen molar-refractivity contribution in [2.24, 2.45) is 0 Å². The molecule has 9 nitrogen and oxygen atoms in total. The van der Waals surface area contributed by atoms with E-state index < -0.39 is 16.9 Å². The molecule has 2 unspecified atom stereocenters. The van der Waals surface area contributed by atoms with Crippen molar-refractivity contribution < 1.29 is 24.3 Å². The Morgan fingerprint density at radius 2 is 1.93 bits per heavy atom. The van der Waals surface area contributed by atoms with E-state index in [1.807, 2.05) is 0 Å². The van der Waals surface area contributed by atoms with Crippen LogP contribution in [-0.2, 0) is 6.54 Å². The first-order chi connectivity index (χ1) is 14.4. The second-order valence-corrected chi connectivity index (χ2v) is 7.11. The summed E-state index contributed by atoms with van der Waals surface area (Å²) in [5, 5.41) is 27.2.